The molecule has 0 unspecified atom stereocenters. The smallest absolute Gasteiger partial charge is 0.236 e. The lowest BCUT2D eigenvalue weighted by Gasteiger charge is -2.01. The summed E-state index contributed by atoms with van der Waals surface area (Å²) >= 11 is 4.30. The normalized spacial score (nSPS) is 11.2. The topological polar surface area (TPSA) is 85.1 Å². The van der Waals surface area contributed by atoms with Gasteiger partial charge < -0.3 is 5.32 Å². The lowest BCUT2D eigenvalue weighted by molar-refractivity contribution is -0.113. The molecule has 0 radical (unpaired) electrons. The number of carbonyl (C=O) groups is 1. The van der Waals surface area contributed by atoms with Crippen LogP contribution in [0.1, 0.15) is 22.9 Å². The molecule has 5 rings (SSSR count). The van der Waals surface area contributed by atoms with E-state index in [1.54, 1.807) is 4.52 Å². The van der Waals surface area contributed by atoms with Gasteiger partial charge in [-0.15, -0.1) is 26.6 Å². The Hall–Kier alpha value is -3.08. The Morgan fingerprint density at radius 2 is 1.82 bits per heavy atom. The van der Waals surface area contributed by atoms with Gasteiger partial charge in [-0.05, 0) is 17.5 Å². The molecule has 1 amide bonds. The van der Waals surface area contributed by atoms with Crippen LogP contribution in [0.3, 0.4) is 0 Å². The zero-order valence-corrected chi connectivity index (χ0v) is 20.2. The van der Waals surface area contributed by atoms with Crippen LogP contribution in [0.15, 0.2) is 65.1 Å². The average Bonchev–Trinajstić information content (AvgIpc) is 3.55. The third-order valence-corrected chi connectivity index (χ3v) is 7.89. The first kappa shape index (κ1) is 21.7. The quantitative estimate of drug-likeness (QED) is 0.300. The molecule has 0 spiro atoms. The molecule has 0 saturated carbocycles. The van der Waals surface area contributed by atoms with Crippen LogP contribution in [0.5, 0.6) is 0 Å². The molecule has 3 heterocycles. The van der Waals surface area contributed by atoms with Crippen molar-refractivity contribution in [2.45, 2.75) is 24.1 Å². The number of fused-ring (bicyclic) bond motifs is 1. The highest BCUT2D eigenvalue weighted by Crippen LogP contribution is 2.28. The van der Waals surface area contributed by atoms with Crippen molar-refractivity contribution in [1.82, 2.24) is 24.8 Å². The second kappa shape index (κ2) is 9.82. The molecule has 5 aromatic rings. The van der Waals surface area contributed by atoms with E-state index in [4.69, 9.17) is 0 Å². The number of nitrogens with one attached hydrogen (secondary N) is 1. The van der Waals surface area contributed by atoms with E-state index in [0.29, 0.717) is 15.9 Å². The zero-order chi connectivity index (χ0) is 22.6. The lowest BCUT2D eigenvalue weighted by Crippen LogP contribution is -2.13. The average molecular weight is 493 g/mol. The summed E-state index contributed by atoms with van der Waals surface area (Å²) in [5, 5.41) is 16.5. The predicted octanol–water partition coefficient (Wildman–Crippen LogP) is 5.19. The van der Waals surface area contributed by atoms with Gasteiger partial charge >= 0.3 is 0 Å². The maximum Gasteiger partial charge on any atom is 0.236 e. The van der Waals surface area contributed by atoms with Gasteiger partial charge in [0, 0.05) is 23.1 Å². The maximum atomic E-state index is 12.4. The number of rotatable bonds is 8. The SMILES string of the molecule is CCc1ccc(Cc2cnc(NC(=O)CSc3nn4c(-c5ccccc5)nnc4s3)s2)cc1. The van der Waals surface area contributed by atoms with E-state index < -0.39 is 0 Å². The highest BCUT2D eigenvalue weighted by Gasteiger charge is 2.15. The van der Waals surface area contributed by atoms with Gasteiger partial charge in [-0.1, -0.05) is 84.6 Å². The van der Waals surface area contributed by atoms with E-state index >= 15 is 0 Å². The standard InChI is InChI=1S/C23H20N6OS3/c1-2-15-8-10-16(11-9-15)12-18-13-24-21(32-18)25-19(30)14-31-23-28-29-20(26-27-22(29)33-23)17-6-4-3-5-7-17/h3-11,13H,2,12,14H2,1H3,(H,24,25,30). The molecule has 1 N–H and O–H groups in total. The molecule has 2 aromatic carbocycles. The Bertz CT molecular complexity index is 1370. The number of thioether (sulfide) groups is 1. The Morgan fingerprint density at radius 3 is 2.61 bits per heavy atom. The largest absolute Gasteiger partial charge is 0.301 e. The summed E-state index contributed by atoms with van der Waals surface area (Å²) in [6.07, 6.45) is 3.67. The van der Waals surface area contributed by atoms with E-state index in [1.807, 2.05) is 36.5 Å². The number of anilines is 1. The van der Waals surface area contributed by atoms with E-state index in [-0.39, 0.29) is 11.7 Å². The summed E-state index contributed by atoms with van der Waals surface area (Å²) in [5.41, 5.74) is 3.52. The van der Waals surface area contributed by atoms with Crippen LogP contribution < -0.4 is 5.32 Å². The number of thiazole rings is 1. The molecular formula is C23H20N6OS3. The molecule has 0 aliphatic carbocycles. The van der Waals surface area contributed by atoms with Gasteiger partial charge in [0.05, 0.1) is 5.75 Å². The van der Waals surface area contributed by atoms with Crippen LogP contribution in [-0.2, 0) is 17.6 Å². The van der Waals surface area contributed by atoms with E-state index in [1.165, 1.54) is 45.6 Å². The maximum absolute atomic E-state index is 12.4. The van der Waals surface area contributed by atoms with Gasteiger partial charge in [0.15, 0.2) is 15.3 Å². The molecule has 0 fully saturated rings. The number of aryl methyl sites for hydroxylation is 1. The van der Waals surface area contributed by atoms with Crippen LogP contribution in [0.2, 0.25) is 0 Å². The second-order valence-electron chi connectivity index (χ2n) is 7.27. The third-order valence-electron chi connectivity index (χ3n) is 4.94. The van der Waals surface area contributed by atoms with Crippen molar-refractivity contribution in [3.05, 3.63) is 76.8 Å². The molecule has 0 aliphatic rings. The van der Waals surface area contributed by atoms with Crippen molar-refractivity contribution in [3.63, 3.8) is 0 Å². The fourth-order valence-electron chi connectivity index (χ4n) is 3.25. The zero-order valence-electron chi connectivity index (χ0n) is 17.8. The Morgan fingerprint density at radius 1 is 1.03 bits per heavy atom. The molecular weight excluding hydrogens is 472 g/mol. The summed E-state index contributed by atoms with van der Waals surface area (Å²) in [4.78, 5) is 18.6. The highest BCUT2D eigenvalue weighted by atomic mass is 32.2. The number of hydrogen-bond donors (Lipinski definition) is 1. The number of benzene rings is 2. The fraction of sp³-hybridized carbons (Fsp3) is 0.174. The molecule has 3 aromatic heterocycles. The molecule has 0 aliphatic heterocycles. The van der Waals surface area contributed by atoms with E-state index in [0.717, 1.165) is 27.6 Å². The summed E-state index contributed by atoms with van der Waals surface area (Å²) < 4.78 is 2.49. The van der Waals surface area contributed by atoms with E-state index in [2.05, 4.69) is 56.8 Å². The van der Waals surface area contributed by atoms with Crippen LogP contribution in [-0.4, -0.2) is 36.5 Å². The predicted molar refractivity (Wildman–Crippen MR) is 134 cm³/mol. The molecule has 166 valence electrons. The van der Waals surface area contributed by atoms with Gasteiger partial charge in [0.2, 0.25) is 10.9 Å². The van der Waals surface area contributed by atoms with Gasteiger partial charge in [-0.2, -0.15) is 4.52 Å². The van der Waals surface area contributed by atoms with Crippen LogP contribution in [0.4, 0.5) is 5.13 Å². The number of carbonyl (C=O) groups excluding carboxylic acids is 1. The minimum Gasteiger partial charge on any atom is -0.301 e. The van der Waals surface area contributed by atoms with E-state index in [9.17, 15) is 4.79 Å². The summed E-state index contributed by atoms with van der Waals surface area (Å²) in [5.74, 6) is 0.832. The lowest BCUT2D eigenvalue weighted by atomic mass is 10.1. The van der Waals surface area contributed by atoms with Crippen LogP contribution >= 0.6 is 34.4 Å². The highest BCUT2D eigenvalue weighted by molar-refractivity contribution is 8.01. The van der Waals surface area contributed by atoms with Crippen LogP contribution in [0.25, 0.3) is 16.3 Å². The molecule has 0 atom stereocenters. The van der Waals surface area contributed by atoms with Crippen molar-refractivity contribution in [2.75, 3.05) is 11.1 Å². The Labute approximate surface area is 202 Å². The monoisotopic (exact) mass is 492 g/mol. The second-order valence-corrected chi connectivity index (χ2v) is 10.6. The Kier molecular flexibility index (Phi) is 6.47. The minimum atomic E-state index is -0.109. The number of hydrogen-bond acceptors (Lipinski definition) is 8. The summed E-state index contributed by atoms with van der Waals surface area (Å²) in [6.45, 7) is 2.15. The third kappa shape index (κ3) is 5.13. The van der Waals surface area contributed by atoms with Crippen molar-refractivity contribution in [1.29, 1.82) is 0 Å². The summed E-state index contributed by atoms with van der Waals surface area (Å²) in [6, 6.07) is 18.4. The fourth-order valence-corrected chi connectivity index (χ4v) is 5.79. The first-order chi connectivity index (χ1) is 16.2. The minimum absolute atomic E-state index is 0.109. The van der Waals surface area contributed by atoms with Gasteiger partial charge in [-0.3, -0.25) is 4.79 Å². The van der Waals surface area contributed by atoms with Crippen LogP contribution in [0, 0.1) is 0 Å². The first-order valence-electron chi connectivity index (χ1n) is 10.4. The molecule has 7 nitrogen and oxygen atoms in total. The molecule has 10 heteroatoms. The van der Waals surface area contributed by atoms with Crippen molar-refractivity contribution in [3.8, 4) is 11.4 Å². The van der Waals surface area contributed by atoms with Crippen molar-refractivity contribution < 1.29 is 4.79 Å². The molecule has 0 saturated heterocycles. The number of nitrogens with zero attached hydrogens (tertiary/aromatic N) is 5. The van der Waals surface area contributed by atoms with Crippen molar-refractivity contribution >= 4 is 50.4 Å². The Balaban J connectivity index is 1.17. The number of aromatic nitrogens is 5. The van der Waals surface area contributed by atoms with Gasteiger partial charge in [0.1, 0.15) is 0 Å². The molecule has 33 heavy (non-hydrogen) atoms. The summed E-state index contributed by atoms with van der Waals surface area (Å²) in [7, 11) is 0. The van der Waals surface area contributed by atoms with Gasteiger partial charge in [-0.25, -0.2) is 4.98 Å². The first-order valence-corrected chi connectivity index (χ1v) is 13.0. The molecule has 0 bridgehead atoms. The number of amides is 1. The van der Waals surface area contributed by atoms with Gasteiger partial charge in [0.25, 0.3) is 0 Å². The van der Waals surface area contributed by atoms with Crippen molar-refractivity contribution in [2.24, 2.45) is 0 Å².